The first-order valence-corrected chi connectivity index (χ1v) is 10.0. The van der Waals surface area contributed by atoms with Gasteiger partial charge in [0.05, 0.1) is 11.0 Å². The normalized spacial score (nSPS) is 11.0. The fraction of sp³-hybridized carbons (Fsp3) is 0.364. The lowest BCUT2D eigenvalue weighted by Gasteiger charge is -2.09. The molecule has 0 saturated carbocycles. The first kappa shape index (κ1) is 19.4. The van der Waals surface area contributed by atoms with Crippen LogP contribution in [0.2, 0.25) is 5.02 Å². The lowest BCUT2D eigenvalue weighted by molar-refractivity contribution is 0.0953. The Labute approximate surface area is 165 Å². The van der Waals surface area contributed by atoms with Gasteiger partial charge in [0.15, 0.2) is 0 Å². The molecule has 5 heteroatoms. The van der Waals surface area contributed by atoms with Crippen molar-refractivity contribution in [2.45, 2.75) is 45.6 Å². The highest BCUT2D eigenvalue weighted by Crippen LogP contribution is 2.18. The van der Waals surface area contributed by atoms with Crippen molar-refractivity contribution in [2.75, 3.05) is 6.54 Å². The molecule has 0 spiro atoms. The average Bonchev–Trinajstić information content (AvgIpc) is 3.03. The standard InChI is InChI=1S/C22H26ClN3O/c1-2-3-6-15-26-20-12-5-4-11-19(20)25-21(26)13-8-14-24-22(27)17-9-7-10-18(23)16-17/h4-5,7,9-12,16H,2-3,6,8,13-15H2,1H3,(H,24,27). The van der Waals surface area contributed by atoms with E-state index in [9.17, 15) is 4.79 Å². The minimum Gasteiger partial charge on any atom is -0.352 e. The number of fused-ring (bicyclic) bond motifs is 1. The number of rotatable bonds is 9. The highest BCUT2D eigenvalue weighted by Gasteiger charge is 2.10. The first-order chi connectivity index (χ1) is 13.2. The number of amides is 1. The molecule has 1 N–H and O–H groups in total. The fourth-order valence-electron chi connectivity index (χ4n) is 3.27. The van der Waals surface area contributed by atoms with Crippen LogP contribution in [-0.4, -0.2) is 22.0 Å². The maximum absolute atomic E-state index is 12.2. The summed E-state index contributed by atoms with van der Waals surface area (Å²) < 4.78 is 2.34. The molecule has 1 aromatic heterocycles. The Morgan fingerprint density at radius 3 is 2.78 bits per heavy atom. The van der Waals surface area contributed by atoms with E-state index in [-0.39, 0.29) is 5.91 Å². The summed E-state index contributed by atoms with van der Waals surface area (Å²) in [5, 5.41) is 3.54. The molecule has 2 aromatic carbocycles. The lowest BCUT2D eigenvalue weighted by atomic mass is 10.2. The van der Waals surface area contributed by atoms with Crippen molar-refractivity contribution in [3.05, 3.63) is 64.9 Å². The van der Waals surface area contributed by atoms with Gasteiger partial charge in [-0.25, -0.2) is 4.98 Å². The third-order valence-electron chi connectivity index (χ3n) is 4.67. The van der Waals surface area contributed by atoms with Crippen LogP contribution in [0.25, 0.3) is 11.0 Å². The van der Waals surface area contributed by atoms with Gasteiger partial charge in [0.1, 0.15) is 5.82 Å². The van der Waals surface area contributed by atoms with Gasteiger partial charge in [0, 0.05) is 30.1 Å². The topological polar surface area (TPSA) is 46.9 Å². The molecule has 0 radical (unpaired) electrons. The minimum absolute atomic E-state index is 0.0889. The molecule has 0 aliphatic heterocycles. The largest absolute Gasteiger partial charge is 0.352 e. The van der Waals surface area contributed by atoms with Crippen LogP contribution in [0, 0.1) is 0 Å². The van der Waals surface area contributed by atoms with Crippen LogP contribution in [0.5, 0.6) is 0 Å². The quantitative estimate of drug-likeness (QED) is 0.513. The SMILES string of the molecule is CCCCCn1c(CCCNC(=O)c2cccc(Cl)c2)nc2ccccc21. The van der Waals surface area contributed by atoms with E-state index >= 15 is 0 Å². The van der Waals surface area contributed by atoms with Gasteiger partial charge in [0.25, 0.3) is 5.91 Å². The zero-order valence-electron chi connectivity index (χ0n) is 15.7. The molecular weight excluding hydrogens is 358 g/mol. The van der Waals surface area contributed by atoms with Crippen LogP contribution >= 0.6 is 11.6 Å². The van der Waals surface area contributed by atoms with Crippen LogP contribution in [0.15, 0.2) is 48.5 Å². The van der Waals surface area contributed by atoms with E-state index in [2.05, 4.69) is 35.0 Å². The van der Waals surface area contributed by atoms with Crippen LogP contribution in [0.3, 0.4) is 0 Å². The van der Waals surface area contributed by atoms with Crippen molar-refractivity contribution >= 4 is 28.5 Å². The number of hydrogen-bond acceptors (Lipinski definition) is 2. The Kier molecular flexibility index (Phi) is 6.88. The van der Waals surface area contributed by atoms with E-state index in [1.165, 1.54) is 18.4 Å². The van der Waals surface area contributed by atoms with Crippen LogP contribution in [0.4, 0.5) is 0 Å². The van der Waals surface area contributed by atoms with Gasteiger partial charge in [-0.05, 0) is 43.2 Å². The number of halogens is 1. The third-order valence-corrected chi connectivity index (χ3v) is 4.90. The van der Waals surface area contributed by atoms with Gasteiger partial charge in [-0.3, -0.25) is 4.79 Å². The summed E-state index contributed by atoms with van der Waals surface area (Å²) in [6.45, 7) is 3.83. The van der Waals surface area contributed by atoms with Crippen LogP contribution < -0.4 is 5.32 Å². The maximum atomic E-state index is 12.2. The van der Waals surface area contributed by atoms with Gasteiger partial charge in [-0.15, -0.1) is 0 Å². The summed E-state index contributed by atoms with van der Waals surface area (Å²) in [5.74, 6) is 1.01. The number of nitrogens with zero attached hydrogens (tertiary/aromatic N) is 2. The molecule has 3 aromatic rings. The number of carbonyl (C=O) groups is 1. The number of imidazole rings is 1. The van der Waals surface area contributed by atoms with Crippen molar-refractivity contribution in [3.8, 4) is 0 Å². The Morgan fingerprint density at radius 1 is 1.11 bits per heavy atom. The predicted molar refractivity (Wildman–Crippen MR) is 111 cm³/mol. The zero-order chi connectivity index (χ0) is 19.1. The molecule has 0 aliphatic rings. The Hall–Kier alpha value is -2.33. The van der Waals surface area contributed by atoms with Crippen molar-refractivity contribution in [1.82, 2.24) is 14.9 Å². The molecule has 0 bridgehead atoms. The van der Waals surface area contributed by atoms with Gasteiger partial charge in [-0.1, -0.05) is 49.6 Å². The second-order valence-electron chi connectivity index (χ2n) is 6.75. The number of unbranched alkanes of at least 4 members (excludes halogenated alkanes) is 2. The summed E-state index contributed by atoms with van der Waals surface area (Å²) in [6.07, 6.45) is 5.29. The smallest absolute Gasteiger partial charge is 0.251 e. The molecule has 3 rings (SSSR count). The van der Waals surface area contributed by atoms with Crippen LogP contribution in [0.1, 0.15) is 48.8 Å². The maximum Gasteiger partial charge on any atom is 0.251 e. The van der Waals surface area contributed by atoms with Gasteiger partial charge < -0.3 is 9.88 Å². The second kappa shape index (κ2) is 9.56. The molecule has 0 saturated heterocycles. The molecule has 27 heavy (non-hydrogen) atoms. The average molecular weight is 384 g/mol. The molecule has 0 atom stereocenters. The van der Waals surface area contributed by atoms with E-state index < -0.39 is 0 Å². The van der Waals surface area contributed by atoms with Crippen molar-refractivity contribution in [2.24, 2.45) is 0 Å². The van der Waals surface area contributed by atoms with E-state index in [1.54, 1.807) is 24.3 Å². The van der Waals surface area contributed by atoms with Crippen molar-refractivity contribution < 1.29 is 4.79 Å². The molecule has 0 unspecified atom stereocenters. The molecule has 1 heterocycles. The van der Waals surface area contributed by atoms with E-state index in [4.69, 9.17) is 16.6 Å². The molecule has 4 nitrogen and oxygen atoms in total. The minimum atomic E-state index is -0.0889. The predicted octanol–water partition coefficient (Wildman–Crippen LogP) is 5.24. The summed E-state index contributed by atoms with van der Waals surface area (Å²) in [5.41, 5.74) is 2.84. The molecule has 0 aliphatic carbocycles. The van der Waals surface area contributed by atoms with E-state index in [1.807, 2.05) is 6.07 Å². The summed E-state index contributed by atoms with van der Waals surface area (Å²) in [4.78, 5) is 17.0. The number of benzene rings is 2. The molecule has 142 valence electrons. The highest BCUT2D eigenvalue weighted by atomic mass is 35.5. The summed E-state index contributed by atoms with van der Waals surface area (Å²) >= 11 is 5.95. The van der Waals surface area contributed by atoms with E-state index in [0.29, 0.717) is 17.1 Å². The Balaban J connectivity index is 1.59. The van der Waals surface area contributed by atoms with Crippen molar-refractivity contribution in [3.63, 3.8) is 0 Å². The summed E-state index contributed by atoms with van der Waals surface area (Å²) in [7, 11) is 0. The lowest BCUT2D eigenvalue weighted by Crippen LogP contribution is -2.25. The number of hydrogen-bond donors (Lipinski definition) is 1. The highest BCUT2D eigenvalue weighted by molar-refractivity contribution is 6.30. The molecule has 1 amide bonds. The van der Waals surface area contributed by atoms with Crippen molar-refractivity contribution in [1.29, 1.82) is 0 Å². The van der Waals surface area contributed by atoms with Gasteiger partial charge >= 0.3 is 0 Å². The molecule has 0 fully saturated rings. The zero-order valence-corrected chi connectivity index (χ0v) is 16.5. The van der Waals surface area contributed by atoms with E-state index in [0.717, 1.165) is 37.1 Å². The Bertz CT molecular complexity index is 903. The van der Waals surface area contributed by atoms with Gasteiger partial charge in [0.2, 0.25) is 0 Å². The number of aromatic nitrogens is 2. The van der Waals surface area contributed by atoms with Gasteiger partial charge in [-0.2, -0.15) is 0 Å². The number of aryl methyl sites for hydroxylation is 2. The fourth-order valence-corrected chi connectivity index (χ4v) is 3.46. The number of carbonyl (C=O) groups excluding carboxylic acids is 1. The Morgan fingerprint density at radius 2 is 1.96 bits per heavy atom. The number of para-hydroxylation sites is 2. The third kappa shape index (κ3) is 5.10. The first-order valence-electron chi connectivity index (χ1n) is 9.67. The van der Waals surface area contributed by atoms with Crippen LogP contribution in [-0.2, 0) is 13.0 Å². The number of nitrogens with one attached hydrogen (secondary N) is 1. The summed E-state index contributed by atoms with van der Waals surface area (Å²) in [6, 6.07) is 15.3. The monoisotopic (exact) mass is 383 g/mol. The molecular formula is C22H26ClN3O. The second-order valence-corrected chi connectivity index (χ2v) is 7.18.